The standard InChI is InChI=1S/C18H24N2/c1-14-8-9-16(12-19)18(11-14)20-10-4-7-15-5-2-3-6-17(15)13-20/h2-3,5-6,14,16,18H,4,7-11,13H2,1H3. The number of nitrogens with zero attached hydrogens (tertiary/aromatic N) is 2. The van der Waals surface area contributed by atoms with E-state index < -0.39 is 0 Å². The molecule has 0 saturated heterocycles. The van der Waals surface area contributed by atoms with E-state index in [1.165, 1.54) is 36.8 Å². The Labute approximate surface area is 122 Å². The molecule has 0 aromatic heterocycles. The van der Waals surface area contributed by atoms with Gasteiger partial charge in [-0.05, 0) is 55.7 Å². The van der Waals surface area contributed by atoms with Gasteiger partial charge in [-0.2, -0.15) is 5.26 Å². The monoisotopic (exact) mass is 268 g/mol. The maximum Gasteiger partial charge on any atom is 0.0672 e. The van der Waals surface area contributed by atoms with Gasteiger partial charge in [-0.3, -0.25) is 4.90 Å². The van der Waals surface area contributed by atoms with Crippen molar-refractivity contribution in [2.75, 3.05) is 6.54 Å². The van der Waals surface area contributed by atoms with Crippen molar-refractivity contribution in [1.82, 2.24) is 4.90 Å². The van der Waals surface area contributed by atoms with Crippen LogP contribution in [0.2, 0.25) is 0 Å². The summed E-state index contributed by atoms with van der Waals surface area (Å²) in [5, 5.41) is 9.47. The highest BCUT2D eigenvalue weighted by atomic mass is 15.2. The molecule has 1 aliphatic heterocycles. The van der Waals surface area contributed by atoms with Gasteiger partial charge in [0.15, 0.2) is 0 Å². The predicted octanol–water partition coefficient (Wildman–Crippen LogP) is 3.76. The van der Waals surface area contributed by atoms with Crippen LogP contribution in [0.15, 0.2) is 24.3 Å². The van der Waals surface area contributed by atoms with Crippen LogP contribution in [0.25, 0.3) is 0 Å². The first kappa shape index (κ1) is 13.6. The van der Waals surface area contributed by atoms with E-state index in [1.54, 1.807) is 0 Å². The van der Waals surface area contributed by atoms with Crippen LogP contribution in [0.5, 0.6) is 0 Å². The van der Waals surface area contributed by atoms with E-state index in [0.717, 1.165) is 25.4 Å². The van der Waals surface area contributed by atoms with Gasteiger partial charge in [0.1, 0.15) is 0 Å². The summed E-state index contributed by atoms with van der Waals surface area (Å²) in [5.74, 6) is 1.000. The lowest BCUT2D eigenvalue weighted by Gasteiger charge is -2.39. The van der Waals surface area contributed by atoms with Gasteiger partial charge in [-0.25, -0.2) is 0 Å². The maximum absolute atomic E-state index is 9.47. The van der Waals surface area contributed by atoms with Crippen LogP contribution >= 0.6 is 0 Å². The molecule has 0 amide bonds. The second-order valence-corrected chi connectivity index (χ2v) is 6.56. The number of benzene rings is 1. The van der Waals surface area contributed by atoms with Crippen LogP contribution in [0, 0.1) is 23.2 Å². The SMILES string of the molecule is CC1CCC(C#N)C(N2CCCc3ccccc3C2)C1. The molecule has 1 heterocycles. The normalized spacial score (nSPS) is 31.1. The molecule has 0 radical (unpaired) electrons. The number of aryl methyl sites for hydroxylation is 1. The van der Waals surface area contributed by atoms with E-state index in [2.05, 4.69) is 42.2 Å². The third-order valence-corrected chi connectivity index (χ3v) is 5.10. The predicted molar refractivity (Wildman–Crippen MR) is 81.1 cm³/mol. The third kappa shape index (κ3) is 2.74. The summed E-state index contributed by atoms with van der Waals surface area (Å²) in [4.78, 5) is 2.59. The molecule has 0 N–H and O–H groups in total. The average molecular weight is 268 g/mol. The molecule has 3 unspecified atom stereocenters. The first-order valence-corrected chi connectivity index (χ1v) is 7.98. The fourth-order valence-corrected chi connectivity index (χ4v) is 3.91. The minimum Gasteiger partial charge on any atom is -0.295 e. The molecule has 1 aromatic carbocycles. The Morgan fingerprint density at radius 3 is 2.80 bits per heavy atom. The number of hydrogen-bond acceptors (Lipinski definition) is 2. The lowest BCUT2D eigenvalue weighted by atomic mass is 9.79. The average Bonchev–Trinajstić information content (AvgIpc) is 2.69. The van der Waals surface area contributed by atoms with E-state index in [4.69, 9.17) is 0 Å². The Balaban J connectivity index is 1.81. The molecule has 3 rings (SSSR count). The smallest absolute Gasteiger partial charge is 0.0672 e. The molecule has 1 fully saturated rings. The van der Waals surface area contributed by atoms with Gasteiger partial charge in [0.05, 0.1) is 12.0 Å². The van der Waals surface area contributed by atoms with Crippen molar-refractivity contribution in [2.45, 2.75) is 51.6 Å². The highest BCUT2D eigenvalue weighted by Gasteiger charge is 2.33. The Morgan fingerprint density at radius 1 is 1.20 bits per heavy atom. The fraction of sp³-hybridized carbons (Fsp3) is 0.611. The molecular formula is C18H24N2. The van der Waals surface area contributed by atoms with Crippen molar-refractivity contribution < 1.29 is 0 Å². The second-order valence-electron chi connectivity index (χ2n) is 6.56. The number of rotatable bonds is 1. The summed E-state index contributed by atoms with van der Waals surface area (Å²) in [6, 6.07) is 11.9. The summed E-state index contributed by atoms with van der Waals surface area (Å²) in [6.07, 6.45) is 5.91. The van der Waals surface area contributed by atoms with Crippen LogP contribution in [0.4, 0.5) is 0 Å². The Morgan fingerprint density at radius 2 is 2.00 bits per heavy atom. The van der Waals surface area contributed by atoms with Crippen molar-refractivity contribution in [2.24, 2.45) is 11.8 Å². The molecule has 106 valence electrons. The second kappa shape index (κ2) is 5.97. The minimum atomic E-state index is 0.233. The van der Waals surface area contributed by atoms with Crippen molar-refractivity contribution >= 4 is 0 Å². The van der Waals surface area contributed by atoms with Gasteiger partial charge in [0.2, 0.25) is 0 Å². The van der Waals surface area contributed by atoms with Crippen molar-refractivity contribution in [3.63, 3.8) is 0 Å². The number of fused-ring (bicyclic) bond motifs is 1. The van der Waals surface area contributed by atoms with Gasteiger partial charge in [0, 0.05) is 12.6 Å². The van der Waals surface area contributed by atoms with E-state index in [9.17, 15) is 5.26 Å². The van der Waals surface area contributed by atoms with Crippen molar-refractivity contribution in [3.05, 3.63) is 35.4 Å². The maximum atomic E-state index is 9.47. The van der Waals surface area contributed by atoms with Crippen LogP contribution in [0.1, 0.15) is 43.7 Å². The molecule has 2 heteroatoms. The van der Waals surface area contributed by atoms with E-state index in [1.807, 2.05) is 0 Å². The Bertz CT molecular complexity index is 502. The Kier molecular flexibility index (Phi) is 4.08. The summed E-state index contributed by atoms with van der Waals surface area (Å²) in [7, 11) is 0. The lowest BCUT2D eigenvalue weighted by Crippen LogP contribution is -2.43. The van der Waals surface area contributed by atoms with Crippen LogP contribution in [-0.4, -0.2) is 17.5 Å². The summed E-state index contributed by atoms with van der Waals surface area (Å²) >= 11 is 0. The first-order valence-electron chi connectivity index (χ1n) is 7.98. The minimum absolute atomic E-state index is 0.233. The zero-order chi connectivity index (χ0) is 13.9. The zero-order valence-corrected chi connectivity index (χ0v) is 12.4. The highest BCUT2D eigenvalue weighted by molar-refractivity contribution is 5.28. The molecule has 1 saturated carbocycles. The molecule has 1 aromatic rings. The highest BCUT2D eigenvalue weighted by Crippen LogP contribution is 2.34. The van der Waals surface area contributed by atoms with Crippen molar-refractivity contribution in [3.8, 4) is 6.07 Å². The zero-order valence-electron chi connectivity index (χ0n) is 12.4. The quantitative estimate of drug-likeness (QED) is 0.775. The molecule has 20 heavy (non-hydrogen) atoms. The molecule has 0 spiro atoms. The topological polar surface area (TPSA) is 27.0 Å². The largest absolute Gasteiger partial charge is 0.295 e. The molecule has 1 aliphatic carbocycles. The fourth-order valence-electron chi connectivity index (χ4n) is 3.91. The molecule has 0 bridgehead atoms. The lowest BCUT2D eigenvalue weighted by molar-refractivity contribution is 0.0999. The molecular weight excluding hydrogens is 244 g/mol. The molecule has 2 aliphatic rings. The van der Waals surface area contributed by atoms with E-state index >= 15 is 0 Å². The van der Waals surface area contributed by atoms with Gasteiger partial charge in [0.25, 0.3) is 0 Å². The molecule has 2 nitrogen and oxygen atoms in total. The van der Waals surface area contributed by atoms with Gasteiger partial charge in [-0.15, -0.1) is 0 Å². The summed E-state index contributed by atoms with van der Waals surface area (Å²) < 4.78 is 0. The van der Waals surface area contributed by atoms with Crippen LogP contribution < -0.4 is 0 Å². The van der Waals surface area contributed by atoms with Gasteiger partial charge in [-0.1, -0.05) is 31.2 Å². The first-order chi connectivity index (χ1) is 9.78. The van der Waals surface area contributed by atoms with Gasteiger partial charge >= 0.3 is 0 Å². The van der Waals surface area contributed by atoms with Gasteiger partial charge < -0.3 is 0 Å². The third-order valence-electron chi connectivity index (χ3n) is 5.10. The Hall–Kier alpha value is -1.33. The van der Waals surface area contributed by atoms with E-state index in [0.29, 0.717) is 6.04 Å². The number of hydrogen-bond donors (Lipinski definition) is 0. The van der Waals surface area contributed by atoms with Crippen LogP contribution in [0.3, 0.4) is 0 Å². The van der Waals surface area contributed by atoms with Crippen LogP contribution in [-0.2, 0) is 13.0 Å². The van der Waals surface area contributed by atoms with E-state index in [-0.39, 0.29) is 5.92 Å². The summed E-state index contributed by atoms with van der Waals surface area (Å²) in [6.45, 7) is 4.52. The van der Waals surface area contributed by atoms with Crippen molar-refractivity contribution in [1.29, 1.82) is 5.26 Å². The number of nitriles is 1. The molecule has 3 atom stereocenters. The summed E-state index contributed by atoms with van der Waals surface area (Å²) in [5.41, 5.74) is 2.98.